The van der Waals surface area contributed by atoms with E-state index in [2.05, 4.69) is 15.5 Å². The molecule has 1 fully saturated rings. The lowest BCUT2D eigenvalue weighted by Gasteiger charge is -2.37. The van der Waals surface area contributed by atoms with E-state index >= 15 is 0 Å². The molecule has 2 N–H and O–H groups in total. The van der Waals surface area contributed by atoms with E-state index in [0.717, 1.165) is 30.9 Å². The van der Waals surface area contributed by atoms with Gasteiger partial charge in [0.15, 0.2) is 5.96 Å². The van der Waals surface area contributed by atoms with Crippen LogP contribution in [0.3, 0.4) is 0 Å². The molecular formula is C12H21IN4O2. The van der Waals surface area contributed by atoms with Gasteiger partial charge in [-0.1, -0.05) is 5.16 Å². The van der Waals surface area contributed by atoms with Gasteiger partial charge in [0.2, 0.25) is 0 Å². The van der Waals surface area contributed by atoms with Crippen LogP contribution < -0.4 is 5.32 Å². The van der Waals surface area contributed by atoms with Crippen molar-refractivity contribution in [3.63, 3.8) is 0 Å². The van der Waals surface area contributed by atoms with Gasteiger partial charge >= 0.3 is 0 Å². The lowest BCUT2D eigenvalue weighted by Crippen LogP contribution is -2.50. The average Bonchev–Trinajstić information content (AvgIpc) is 2.80. The summed E-state index contributed by atoms with van der Waals surface area (Å²) in [5.74, 6) is 0.748. The number of aromatic nitrogens is 1. The molecule has 1 aliphatic carbocycles. The molecule has 0 aliphatic heterocycles. The first-order chi connectivity index (χ1) is 8.63. The second-order valence-corrected chi connectivity index (χ2v) is 4.83. The summed E-state index contributed by atoms with van der Waals surface area (Å²) in [5.41, 5.74) is 0.299. The summed E-state index contributed by atoms with van der Waals surface area (Å²) in [4.78, 5) is 6.14. The molecule has 6 nitrogen and oxygen atoms in total. The Kier molecular flexibility index (Phi) is 6.05. The number of nitrogens with one attached hydrogen (secondary N) is 1. The van der Waals surface area contributed by atoms with Crippen LogP contribution in [0, 0.1) is 0 Å². The largest absolute Gasteiger partial charge is 0.388 e. The lowest BCUT2D eigenvalue weighted by molar-refractivity contribution is -0.0282. The van der Waals surface area contributed by atoms with Crippen LogP contribution in [0.25, 0.3) is 0 Å². The van der Waals surface area contributed by atoms with Crippen molar-refractivity contribution in [1.82, 2.24) is 15.4 Å². The van der Waals surface area contributed by atoms with E-state index in [4.69, 9.17) is 4.52 Å². The van der Waals surface area contributed by atoms with Gasteiger partial charge in [0.25, 0.3) is 0 Å². The minimum atomic E-state index is -0.551. The minimum Gasteiger partial charge on any atom is -0.388 e. The molecule has 1 aromatic rings. The van der Waals surface area contributed by atoms with Gasteiger partial charge in [-0.05, 0) is 19.3 Å². The molecular weight excluding hydrogens is 359 g/mol. The first kappa shape index (κ1) is 16.2. The highest BCUT2D eigenvalue weighted by molar-refractivity contribution is 14.0. The van der Waals surface area contributed by atoms with Crippen LogP contribution in [0.2, 0.25) is 0 Å². The van der Waals surface area contributed by atoms with Gasteiger partial charge in [-0.3, -0.25) is 4.99 Å². The predicted octanol–water partition coefficient (Wildman–Crippen LogP) is 1.21. The van der Waals surface area contributed by atoms with Crippen molar-refractivity contribution >= 4 is 29.9 Å². The SMILES string of the molecule is CN=C(NCC1(O)CCC1)N(C)Cc1ccon1.I. The van der Waals surface area contributed by atoms with Crippen LogP contribution in [-0.2, 0) is 6.54 Å². The molecule has 0 amide bonds. The Bertz CT molecular complexity index is 404. The Labute approximate surface area is 130 Å². The van der Waals surface area contributed by atoms with Crippen LogP contribution in [-0.4, -0.2) is 47.4 Å². The average molecular weight is 380 g/mol. The monoisotopic (exact) mass is 380 g/mol. The third kappa shape index (κ3) is 4.34. The number of nitrogens with zero attached hydrogens (tertiary/aromatic N) is 3. The molecule has 19 heavy (non-hydrogen) atoms. The maximum absolute atomic E-state index is 10.0. The van der Waals surface area contributed by atoms with Crippen LogP contribution in [0.5, 0.6) is 0 Å². The number of hydrogen-bond acceptors (Lipinski definition) is 4. The molecule has 0 aromatic carbocycles. The number of guanidine groups is 1. The zero-order valence-corrected chi connectivity index (χ0v) is 13.6. The summed E-state index contributed by atoms with van der Waals surface area (Å²) in [6.45, 7) is 1.16. The van der Waals surface area contributed by atoms with Crippen molar-refractivity contribution in [2.45, 2.75) is 31.4 Å². The van der Waals surface area contributed by atoms with E-state index in [1.165, 1.54) is 0 Å². The first-order valence-electron chi connectivity index (χ1n) is 6.16. The number of hydrogen-bond donors (Lipinski definition) is 2. The normalized spacial score (nSPS) is 17.3. The minimum absolute atomic E-state index is 0. The van der Waals surface area contributed by atoms with Gasteiger partial charge in [0.1, 0.15) is 12.0 Å². The zero-order valence-electron chi connectivity index (χ0n) is 11.3. The Morgan fingerprint density at radius 3 is 2.84 bits per heavy atom. The molecule has 7 heteroatoms. The van der Waals surface area contributed by atoms with Crippen molar-refractivity contribution < 1.29 is 9.63 Å². The van der Waals surface area contributed by atoms with E-state index in [1.807, 2.05) is 18.0 Å². The molecule has 0 radical (unpaired) electrons. The van der Waals surface area contributed by atoms with Crippen molar-refractivity contribution in [3.05, 3.63) is 18.0 Å². The topological polar surface area (TPSA) is 73.9 Å². The highest BCUT2D eigenvalue weighted by atomic mass is 127. The maximum Gasteiger partial charge on any atom is 0.193 e. The van der Waals surface area contributed by atoms with Crippen molar-refractivity contribution in [1.29, 1.82) is 0 Å². The zero-order chi connectivity index (χ0) is 13.0. The molecule has 0 atom stereocenters. The molecule has 2 rings (SSSR count). The quantitative estimate of drug-likeness (QED) is 0.467. The van der Waals surface area contributed by atoms with Crippen LogP contribution in [0.15, 0.2) is 21.8 Å². The van der Waals surface area contributed by atoms with Gasteiger partial charge < -0.3 is 19.8 Å². The van der Waals surface area contributed by atoms with Gasteiger partial charge in [0.05, 0.1) is 12.1 Å². The first-order valence-corrected chi connectivity index (χ1v) is 6.16. The van der Waals surface area contributed by atoms with E-state index in [0.29, 0.717) is 13.1 Å². The van der Waals surface area contributed by atoms with Crippen LogP contribution >= 0.6 is 24.0 Å². The molecule has 0 spiro atoms. The van der Waals surface area contributed by atoms with E-state index in [-0.39, 0.29) is 24.0 Å². The summed E-state index contributed by atoms with van der Waals surface area (Å²) < 4.78 is 4.79. The van der Waals surface area contributed by atoms with E-state index in [1.54, 1.807) is 13.3 Å². The summed E-state index contributed by atoms with van der Waals surface area (Å²) in [6, 6.07) is 1.82. The van der Waals surface area contributed by atoms with Gasteiger partial charge in [0, 0.05) is 26.7 Å². The van der Waals surface area contributed by atoms with E-state index in [9.17, 15) is 5.11 Å². The van der Waals surface area contributed by atoms with Gasteiger partial charge in [-0.25, -0.2) is 0 Å². The van der Waals surface area contributed by atoms with Crippen molar-refractivity contribution in [2.24, 2.45) is 4.99 Å². The standard InChI is InChI=1S/C12H20N4O2.HI/c1-13-11(14-9-12(17)5-3-6-12)16(2)8-10-4-7-18-15-10;/h4,7,17H,3,5-6,8-9H2,1-2H3,(H,13,14);1H. The smallest absolute Gasteiger partial charge is 0.193 e. The van der Waals surface area contributed by atoms with Crippen molar-refractivity contribution in [3.8, 4) is 0 Å². The summed E-state index contributed by atoms with van der Waals surface area (Å²) in [6.07, 6.45) is 4.38. The molecule has 1 saturated carbocycles. The van der Waals surface area contributed by atoms with Gasteiger partial charge in [-0.2, -0.15) is 0 Å². The fourth-order valence-electron chi connectivity index (χ4n) is 2.03. The summed E-state index contributed by atoms with van der Waals surface area (Å²) in [5, 5.41) is 17.1. The second-order valence-electron chi connectivity index (χ2n) is 4.83. The van der Waals surface area contributed by atoms with Gasteiger partial charge in [-0.15, -0.1) is 24.0 Å². The maximum atomic E-state index is 10.0. The second kappa shape index (κ2) is 7.09. The summed E-state index contributed by atoms with van der Waals surface area (Å²) >= 11 is 0. The van der Waals surface area contributed by atoms with Crippen molar-refractivity contribution in [2.75, 3.05) is 20.6 Å². The molecule has 0 unspecified atom stereocenters. The Morgan fingerprint density at radius 1 is 1.63 bits per heavy atom. The summed E-state index contributed by atoms with van der Waals surface area (Å²) in [7, 11) is 3.65. The third-order valence-electron chi connectivity index (χ3n) is 3.32. The van der Waals surface area contributed by atoms with Crippen LogP contribution in [0.1, 0.15) is 25.0 Å². The molecule has 0 bridgehead atoms. The molecule has 1 heterocycles. The number of aliphatic imine (C=N–C) groups is 1. The third-order valence-corrected chi connectivity index (χ3v) is 3.32. The molecule has 108 valence electrons. The Hall–Kier alpha value is -0.830. The lowest BCUT2D eigenvalue weighted by atomic mass is 9.80. The molecule has 1 aromatic heterocycles. The molecule has 1 aliphatic rings. The fraction of sp³-hybridized carbons (Fsp3) is 0.667. The van der Waals surface area contributed by atoms with E-state index < -0.39 is 5.60 Å². The highest BCUT2D eigenvalue weighted by Crippen LogP contribution is 2.30. The number of rotatable bonds is 4. The highest BCUT2D eigenvalue weighted by Gasteiger charge is 2.34. The Morgan fingerprint density at radius 2 is 2.37 bits per heavy atom. The molecule has 0 saturated heterocycles. The number of halogens is 1. The van der Waals surface area contributed by atoms with Crippen LogP contribution in [0.4, 0.5) is 0 Å². The fourth-order valence-corrected chi connectivity index (χ4v) is 2.03. The Balaban J connectivity index is 0.00000180. The number of aliphatic hydroxyl groups is 1. The predicted molar refractivity (Wildman–Crippen MR) is 83.5 cm³/mol.